The number of hydrogen-bond donors (Lipinski definition) is 10. The summed E-state index contributed by atoms with van der Waals surface area (Å²) in [5.41, 5.74) is -0.367. The van der Waals surface area contributed by atoms with Gasteiger partial charge in [-0.3, -0.25) is 4.79 Å². The summed E-state index contributed by atoms with van der Waals surface area (Å²) in [7, 11) is 0. The normalized spacial score (nSPS) is 52.0. The highest BCUT2D eigenvalue weighted by Crippen LogP contribution is 2.72. The molecule has 0 aromatic rings. The van der Waals surface area contributed by atoms with Crippen molar-refractivity contribution in [3.63, 3.8) is 0 Å². The van der Waals surface area contributed by atoms with E-state index in [4.69, 9.17) is 28.4 Å². The molecule has 22 unspecified atom stereocenters. The fraction of sp³-hybridized carbons (Fsp3) is 0.913. The van der Waals surface area contributed by atoms with Crippen LogP contribution in [0.1, 0.15) is 106 Å². The Morgan fingerprint density at radius 1 is 0.641 bits per heavy atom. The fourth-order valence-corrected chi connectivity index (χ4v) is 14.5. The molecular weight excluding hydrogens is 840 g/mol. The molecule has 3 aliphatic heterocycles. The summed E-state index contributed by atoms with van der Waals surface area (Å²) in [6.45, 7) is 12.3. The largest absolute Gasteiger partial charge is 0.479 e. The highest BCUT2D eigenvalue weighted by molar-refractivity contribution is 5.79. The van der Waals surface area contributed by atoms with Gasteiger partial charge in [-0.05, 0) is 110 Å². The molecule has 0 bridgehead atoms. The summed E-state index contributed by atoms with van der Waals surface area (Å²) >= 11 is 0. The lowest BCUT2D eigenvalue weighted by molar-refractivity contribution is -0.341. The number of hydrogen-bond acceptors (Lipinski definition) is 17. The monoisotopic (exact) mass is 912 g/mol. The molecule has 8 aliphatic rings. The van der Waals surface area contributed by atoms with Crippen LogP contribution in [0.2, 0.25) is 0 Å². The Labute approximate surface area is 373 Å². The molecule has 18 heteroatoms. The molecule has 3 heterocycles. The second-order valence-corrected chi connectivity index (χ2v) is 22.4. The van der Waals surface area contributed by atoms with Crippen LogP contribution in [0.3, 0.4) is 0 Å². The van der Waals surface area contributed by atoms with E-state index < -0.39 is 128 Å². The summed E-state index contributed by atoms with van der Waals surface area (Å²) in [4.78, 5) is 27.0. The summed E-state index contributed by atoms with van der Waals surface area (Å²) < 4.78 is 34.9. The average molecular weight is 913 g/mol. The molecule has 0 radical (unpaired) electrons. The number of esters is 1. The van der Waals surface area contributed by atoms with Gasteiger partial charge in [0, 0.05) is 0 Å². The molecule has 3 saturated heterocycles. The van der Waals surface area contributed by atoms with Gasteiger partial charge in [-0.1, -0.05) is 53.2 Å². The fourth-order valence-electron chi connectivity index (χ4n) is 14.5. The van der Waals surface area contributed by atoms with Crippen LogP contribution < -0.4 is 0 Å². The first-order chi connectivity index (χ1) is 30.0. The SMILES string of the molecule is CC1(C)CCC2(C(=O)OC3OC(CO)C(O)C(O)C3O)CCC3C(=CCC4C3(C)CCC3C(C)(C)C(OC5OC(C(=O)O)C(OC6OC(CO)C(O)C6O)C(O)C5O)CCC34C)C2C1. The van der Waals surface area contributed by atoms with Crippen molar-refractivity contribution in [2.45, 2.75) is 198 Å². The number of aliphatic hydroxyl groups is 9. The third-order valence-corrected chi connectivity index (χ3v) is 18.1. The van der Waals surface area contributed by atoms with Crippen molar-refractivity contribution in [2.24, 2.45) is 50.7 Å². The molecular formula is C46H72O18. The summed E-state index contributed by atoms with van der Waals surface area (Å²) in [5, 5.41) is 104. The topological polar surface area (TPSA) is 292 Å². The average Bonchev–Trinajstić information content (AvgIpc) is 3.51. The maximum absolute atomic E-state index is 14.5. The Morgan fingerprint density at radius 3 is 1.89 bits per heavy atom. The maximum atomic E-state index is 14.5. The van der Waals surface area contributed by atoms with Crippen LogP contribution >= 0.6 is 0 Å². The van der Waals surface area contributed by atoms with Crippen LogP contribution in [0.4, 0.5) is 0 Å². The van der Waals surface area contributed by atoms with Gasteiger partial charge in [0.25, 0.3) is 0 Å². The number of ether oxygens (including phenoxy) is 6. The number of rotatable bonds is 9. The van der Waals surface area contributed by atoms with Gasteiger partial charge in [0.15, 0.2) is 18.7 Å². The van der Waals surface area contributed by atoms with Crippen molar-refractivity contribution in [2.75, 3.05) is 13.2 Å². The van der Waals surface area contributed by atoms with Crippen molar-refractivity contribution in [3.05, 3.63) is 11.6 Å². The van der Waals surface area contributed by atoms with E-state index in [9.17, 15) is 60.7 Å². The van der Waals surface area contributed by atoms with Gasteiger partial charge in [-0.15, -0.1) is 0 Å². The van der Waals surface area contributed by atoms with Gasteiger partial charge < -0.3 is 79.5 Å². The summed E-state index contributed by atoms with van der Waals surface area (Å²) in [5.74, 6) is -1.48. The minimum Gasteiger partial charge on any atom is -0.479 e. The van der Waals surface area contributed by atoms with E-state index in [1.807, 2.05) is 0 Å². The quantitative estimate of drug-likeness (QED) is 0.0855. The van der Waals surface area contributed by atoms with Crippen LogP contribution in [0, 0.1) is 50.7 Å². The molecule has 0 amide bonds. The third-order valence-electron chi connectivity index (χ3n) is 18.1. The summed E-state index contributed by atoms with van der Waals surface area (Å²) in [6, 6.07) is 0. The number of carboxylic acid groups (broad SMARTS) is 1. The molecule has 364 valence electrons. The van der Waals surface area contributed by atoms with Crippen molar-refractivity contribution in [1.29, 1.82) is 0 Å². The van der Waals surface area contributed by atoms with E-state index >= 15 is 0 Å². The molecule has 0 aromatic carbocycles. The van der Waals surface area contributed by atoms with Crippen LogP contribution in [0.5, 0.6) is 0 Å². The lowest BCUT2D eigenvalue weighted by atomic mass is 9.37. The first-order valence-electron chi connectivity index (χ1n) is 23.3. The van der Waals surface area contributed by atoms with Crippen LogP contribution in [-0.2, 0) is 38.0 Å². The number of fused-ring (bicyclic) bond motifs is 7. The van der Waals surface area contributed by atoms with Gasteiger partial charge in [-0.25, -0.2) is 4.79 Å². The number of carbonyl (C=O) groups is 2. The number of aliphatic carboxylic acids is 1. The smallest absolute Gasteiger partial charge is 0.335 e. The van der Waals surface area contributed by atoms with Gasteiger partial charge in [0.2, 0.25) is 6.29 Å². The predicted octanol–water partition coefficient (Wildman–Crippen LogP) is 0.482. The zero-order valence-corrected chi connectivity index (χ0v) is 37.8. The first-order valence-corrected chi connectivity index (χ1v) is 23.3. The zero-order chi connectivity index (χ0) is 46.6. The zero-order valence-electron chi connectivity index (χ0n) is 37.8. The Kier molecular flexibility index (Phi) is 13.1. The Bertz CT molecular complexity index is 1770. The van der Waals surface area contributed by atoms with Crippen molar-refractivity contribution in [1.82, 2.24) is 0 Å². The molecule has 10 N–H and O–H groups in total. The highest BCUT2D eigenvalue weighted by Gasteiger charge is 2.67. The molecule has 4 saturated carbocycles. The van der Waals surface area contributed by atoms with Crippen molar-refractivity contribution >= 4 is 11.9 Å². The van der Waals surface area contributed by atoms with Crippen LogP contribution in [0.25, 0.3) is 0 Å². The number of aliphatic hydroxyl groups excluding tert-OH is 9. The van der Waals surface area contributed by atoms with Crippen molar-refractivity contribution in [3.8, 4) is 0 Å². The Morgan fingerprint density at radius 2 is 1.23 bits per heavy atom. The van der Waals surface area contributed by atoms with Gasteiger partial charge >= 0.3 is 11.9 Å². The molecule has 22 atom stereocenters. The van der Waals surface area contributed by atoms with E-state index in [1.54, 1.807) is 0 Å². The maximum Gasteiger partial charge on any atom is 0.335 e. The minimum atomic E-state index is -1.84. The van der Waals surface area contributed by atoms with E-state index in [2.05, 4.69) is 47.6 Å². The molecule has 5 aliphatic carbocycles. The second kappa shape index (κ2) is 17.3. The molecule has 7 fully saturated rings. The van der Waals surface area contributed by atoms with Crippen molar-refractivity contribution < 1.29 is 89.1 Å². The van der Waals surface area contributed by atoms with E-state index in [1.165, 1.54) is 5.57 Å². The lowest BCUT2D eigenvalue weighted by Gasteiger charge is -2.68. The Hall–Kier alpha value is -1.88. The molecule has 0 spiro atoms. The predicted molar refractivity (Wildman–Crippen MR) is 220 cm³/mol. The minimum absolute atomic E-state index is 0.0470. The first kappa shape index (κ1) is 48.6. The van der Waals surface area contributed by atoms with E-state index in [0.29, 0.717) is 19.3 Å². The summed E-state index contributed by atoms with van der Waals surface area (Å²) in [6.07, 6.45) is -13.0. The lowest BCUT2D eigenvalue weighted by Crippen LogP contribution is -2.65. The van der Waals surface area contributed by atoms with Gasteiger partial charge in [0.1, 0.15) is 61.0 Å². The molecule has 64 heavy (non-hydrogen) atoms. The van der Waals surface area contributed by atoms with Gasteiger partial charge in [-0.2, -0.15) is 0 Å². The van der Waals surface area contributed by atoms with E-state index in [0.717, 1.165) is 44.9 Å². The number of allylic oxidation sites excluding steroid dienone is 2. The number of carbonyl (C=O) groups excluding carboxylic acids is 1. The molecule has 18 nitrogen and oxygen atoms in total. The molecule has 8 rings (SSSR count). The Balaban J connectivity index is 0.993. The third kappa shape index (κ3) is 7.71. The number of carboxylic acids is 1. The van der Waals surface area contributed by atoms with Gasteiger partial charge in [0.05, 0.1) is 24.7 Å². The standard InChI is InChI=1S/C46H72O18/c1-42(2)15-16-46(41(58)64-39-33(54)30(51)28(49)23(18-47)60-39)14-9-21-20(22(46)17-42)7-8-26-44(21,5)12-10-25-43(3,4)27(11-13-45(25,26)6)61-40-34(55)31(52)35(36(63-40)37(56)57)62-38-32(53)29(50)24(19-48)59-38/h7,21-36,38-40,47-55H,8-19H2,1-6H3,(H,56,57). The van der Waals surface area contributed by atoms with Crippen LogP contribution in [0.15, 0.2) is 11.6 Å². The molecule has 0 aromatic heterocycles. The second-order valence-electron chi connectivity index (χ2n) is 22.4. The van der Waals surface area contributed by atoms with E-state index in [-0.39, 0.29) is 39.9 Å². The highest BCUT2D eigenvalue weighted by atomic mass is 16.8. The van der Waals surface area contributed by atoms with Crippen LogP contribution in [-0.4, -0.2) is 168 Å².